The van der Waals surface area contributed by atoms with E-state index in [4.69, 9.17) is 11.6 Å². The zero-order chi connectivity index (χ0) is 15.6. The molecule has 0 aliphatic heterocycles. The minimum absolute atomic E-state index is 0.0482. The summed E-state index contributed by atoms with van der Waals surface area (Å²) in [5.41, 5.74) is 1.38. The fourth-order valence-electron chi connectivity index (χ4n) is 1.80. The number of rotatable bonds is 3. The first-order chi connectivity index (χ1) is 9.88. The molecule has 0 unspecified atom stereocenters. The van der Waals surface area contributed by atoms with Gasteiger partial charge in [-0.2, -0.15) is 0 Å². The number of non-ortho nitro benzene ring substituents is 1. The Balaban J connectivity index is 2.28. The maximum atomic E-state index is 12.2. The zero-order valence-electron chi connectivity index (χ0n) is 10.9. The fourth-order valence-corrected chi connectivity index (χ4v) is 2.32. The molecule has 0 fully saturated rings. The van der Waals surface area contributed by atoms with Gasteiger partial charge in [-0.15, -0.1) is 0 Å². The molecule has 0 heterocycles. The van der Waals surface area contributed by atoms with E-state index in [0.717, 1.165) is 0 Å². The minimum Gasteiger partial charge on any atom is -0.321 e. The molecule has 108 valence electrons. The molecule has 2 rings (SSSR count). The Bertz CT molecular complexity index is 734. The molecule has 0 aliphatic carbocycles. The predicted molar refractivity (Wildman–Crippen MR) is 84.9 cm³/mol. The normalized spacial score (nSPS) is 10.2. The quantitative estimate of drug-likeness (QED) is 0.636. The van der Waals surface area contributed by atoms with Gasteiger partial charge in [-0.25, -0.2) is 0 Å². The first-order valence-corrected chi connectivity index (χ1v) is 7.07. The van der Waals surface area contributed by atoms with Crippen molar-refractivity contribution in [3.05, 3.63) is 67.1 Å². The molecule has 0 saturated heterocycles. The maximum Gasteiger partial charge on any atom is 0.269 e. The summed E-state index contributed by atoms with van der Waals surface area (Å²) in [6.45, 7) is 1.65. The summed E-state index contributed by atoms with van der Waals surface area (Å²) in [6.07, 6.45) is 0. The van der Waals surface area contributed by atoms with Gasteiger partial charge in [-0.3, -0.25) is 14.9 Å². The molecule has 7 heteroatoms. The standard InChI is InChI=1S/C14H10BrClN2O3/c1-8-6-10(18(20)21)3-4-11(8)14(19)17-13-7-9(16)2-5-12(13)15/h2-7H,1H3,(H,17,19). The van der Waals surface area contributed by atoms with E-state index >= 15 is 0 Å². The Kier molecular flexibility index (Phi) is 4.59. The summed E-state index contributed by atoms with van der Waals surface area (Å²) in [5, 5.41) is 13.9. The number of hydrogen-bond acceptors (Lipinski definition) is 3. The van der Waals surface area contributed by atoms with Crippen molar-refractivity contribution >= 4 is 44.8 Å². The lowest BCUT2D eigenvalue weighted by atomic mass is 10.1. The molecule has 0 radical (unpaired) electrons. The van der Waals surface area contributed by atoms with Gasteiger partial charge >= 0.3 is 0 Å². The number of carbonyl (C=O) groups is 1. The van der Waals surface area contributed by atoms with Crippen molar-refractivity contribution in [2.24, 2.45) is 0 Å². The third-order valence-electron chi connectivity index (χ3n) is 2.84. The van der Waals surface area contributed by atoms with E-state index < -0.39 is 4.92 Å². The van der Waals surface area contributed by atoms with Gasteiger partial charge in [0.15, 0.2) is 0 Å². The van der Waals surface area contributed by atoms with E-state index in [1.165, 1.54) is 18.2 Å². The Morgan fingerprint density at radius 3 is 2.62 bits per heavy atom. The fraction of sp³-hybridized carbons (Fsp3) is 0.0714. The first-order valence-electron chi connectivity index (χ1n) is 5.90. The lowest BCUT2D eigenvalue weighted by Gasteiger charge is -2.09. The Morgan fingerprint density at radius 1 is 1.29 bits per heavy atom. The number of hydrogen-bond donors (Lipinski definition) is 1. The van der Waals surface area contributed by atoms with E-state index in [9.17, 15) is 14.9 Å². The molecule has 1 amide bonds. The van der Waals surface area contributed by atoms with Crippen molar-refractivity contribution < 1.29 is 9.72 Å². The van der Waals surface area contributed by atoms with Crippen molar-refractivity contribution in [3.8, 4) is 0 Å². The van der Waals surface area contributed by atoms with E-state index in [0.29, 0.717) is 26.3 Å². The number of nitro groups is 1. The van der Waals surface area contributed by atoms with Crippen LogP contribution in [-0.2, 0) is 0 Å². The van der Waals surface area contributed by atoms with Crippen molar-refractivity contribution in [1.29, 1.82) is 0 Å². The van der Waals surface area contributed by atoms with Crippen LogP contribution < -0.4 is 5.32 Å². The van der Waals surface area contributed by atoms with Crippen molar-refractivity contribution in [2.75, 3.05) is 5.32 Å². The Morgan fingerprint density at radius 2 is 2.00 bits per heavy atom. The summed E-state index contributed by atoms with van der Waals surface area (Å²) in [4.78, 5) is 22.4. The number of carbonyl (C=O) groups excluding carboxylic acids is 1. The number of halogens is 2. The predicted octanol–water partition coefficient (Wildman–Crippen LogP) is 4.57. The third-order valence-corrected chi connectivity index (χ3v) is 3.77. The molecule has 1 N–H and O–H groups in total. The number of nitro benzene ring substituents is 1. The topological polar surface area (TPSA) is 72.2 Å². The third kappa shape index (κ3) is 3.59. The highest BCUT2D eigenvalue weighted by molar-refractivity contribution is 9.10. The van der Waals surface area contributed by atoms with Gasteiger partial charge in [0.1, 0.15) is 0 Å². The number of amides is 1. The highest BCUT2D eigenvalue weighted by Gasteiger charge is 2.14. The Labute approximate surface area is 134 Å². The number of nitrogens with one attached hydrogen (secondary N) is 1. The smallest absolute Gasteiger partial charge is 0.269 e. The highest BCUT2D eigenvalue weighted by atomic mass is 79.9. The van der Waals surface area contributed by atoms with Crippen LogP contribution in [0.3, 0.4) is 0 Å². The van der Waals surface area contributed by atoms with Gasteiger partial charge in [0, 0.05) is 27.2 Å². The van der Waals surface area contributed by atoms with Crippen molar-refractivity contribution in [1.82, 2.24) is 0 Å². The van der Waals surface area contributed by atoms with Crippen molar-refractivity contribution in [2.45, 2.75) is 6.92 Å². The molecule has 5 nitrogen and oxygen atoms in total. The van der Waals surface area contributed by atoms with Crippen LogP contribution in [0.4, 0.5) is 11.4 Å². The summed E-state index contributed by atoms with van der Waals surface area (Å²) in [5.74, 6) is -0.356. The monoisotopic (exact) mass is 368 g/mol. The zero-order valence-corrected chi connectivity index (χ0v) is 13.2. The molecule has 0 bridgehead atoms. The molecule has 0 atom stereocenters. The minimum atomic E-state index is -0.498. The van der Waals surface area contributed by atoms with Gasteiger partial charge in [-0.05, 0) is 52.7 Å². The van der Waals surface area contributed by atoms with Gasteiger partial charge in [0.2, 0.25) is 0 Å². The van der Waals surface area contributed by atoms with Gasteiger partial charge in [-0.1, -0.05) is 11.6 Å². The average Bonchev–Trinajstić information content (AvgIpc) is 2.42. The molecular weight excluding hydrogens is 360 g/mol. The lowest BCUT2D eigenvalue weighted by Crippen LogP contribution is -2.13. The number of benzene rings is 2. The molecule has 0 aromatic heterocycles. The van der Waals surface area contributed by atoms with Gasteiger partial charge in [0.25, 0.3) is 11.6 Å². The Hall–Kier alpha value is -1.92. The summed E-state index contributed by atoms with van der Waals surface area (Å²) < 4.78 is 0.694. The van der Waals surface area contributed by atoms with Crippen LogP contribution in [0.1, 0.15) is 15.9 Å². The van der Waals surface area contributed by atoms with Crippen LogP contribution in [0.15, 0.2) is 40.9 Å². The van der Waals surface area contributed by atoms with E-state index in [-0.39, 0.29) is 11.6 Å². The summed E-state index contributed by atoms with van der Waals surface area (Å²) >= 11 is 9.20. The van der Waals surface area contributed by atoms with E-state index in [1.54, 1.807) is 25.1 Å². The summed E-state index contributed by atoms with van der Waals surface area (Å²) in [7, 11) is 0. The van der Waals surface area contributed by atoms with Crippen LogP contribution in [0, 0.1) is 17.0 Å². The van der Waals surface area contributed by atoms with E-state index in [1.807, 2.05) is 0 Å². The number of aryl methyl sites for hydroxylation is 1. The van der Waals surface area contributed by atoms with Gasteiger partial charge in [0.05, 0.1) is 10.6 Å². The number of nitrogens with zero attached hydrogens (tertiary/aromatic N) is 1. The second-order valence-electron chi connectivity index (χ2n) is 4.33. The molecule has 2 aromatic rings. The molecule has 0 aliphatic rings. The van der Waals surface area contributed by atoms with Crippen LogP contribution in [0.25, 0.3) is 0 Å². The second kappa shape index (κ2) is 6.24. The van der Waals surface area contributed by atoms with Crippen LogP contribution in [0.5, 0.6) is 0 Å². The first kappa shape index (κ1) is 15.5. The summed E-state index contributed by atoms with van der Waals surface area (Å²) in [6, 6.07) is 9.13. The van der Waals surface area contributed by atoms with E-state index in [2.05, 4.69) is 21.2 Å². The SMILES string of the molecule is Cc1cc([N+](=O)[O-])ccc1C(=O)Nc1cc(Cl)ccc1Br. The lowest BCUT2D eigenvalue weighted by molar-refractivity contribution is -0.384. The number of anilines is 1. The van der Waals surface area contributed by atoms with Crippen LogP contribution >= 0.6 is 27.5 Å². The van der Waals surface area contributed by atoms with Gasteiger partial charge < -0.3 is 5.32 Å². The molecule has 21 heavy (non-hydrogen) atoms. The average molecular weight is 370 g/mol. The van der Waals surface area contributed by atoms with Crippen LogP contribution in [0.2, 0.25) is 5.02 Å². The van der Waals surface area contributed by atoms with Crippen molar-refractivity contribution in [3.63, 3.8) is 0 Å². The molecule has 2 aromatic carbocycles. The molecule has 0 saturated carbocycles. The largest absolute Gasteiger partial charge is 0.321 e. The molecule has 0 spiro atoms. The maximum absolute atomic E-state index is 12.2. The van der Waals surface area contributed by atoms with Crippen LogP contribution in [-0.4, -0.2) is 10.8 Å². The second-order valence-corrected chi connectivity index (χ2v) is 5.63. The highest BCUT2D eigenvalue weighted by Crippen LogP contribution is 2.27. The molecular formula is C14H10BrClN2O3.